The Morgan fingerprint density at radius 1 is 0.828 bits per heavy atom. The molecule has 0 fully saturated rings. The van der Waals surface area contributed by atoms with Crippen molar-refractivity contribution in [1.29, 1.82) is 0 Å². The van der Waals surface area contributed by atoms with E-state index in [9.17, 15) is 4.39 Å². The predicted octanol–water partition coefficient (Wildman–Crippen LogP) is 7.11. The van der Waals surface area contributed by atoms with Crippen molar-refractivity contribution in [2.75, 3.05) is 6.54 Å². The zero-order chi connectivity index (χ0) is 21.0. The molecule has 164 valence electrons. The molecule has 0 atom stereocenters. The van der Waals surface area contributed by atoms with Crippen molar-refractivity contribution in [3.05, 3.63) is 35.6 Å². The van der Waals surface area contributed by atoms with Gasteiger partial charge in [0.25, 0.3) is 0 Å². The highest BCUT2D eigenvalue weighted by atomic mass is 32.1. The molecule has 1 aromatic rings. The van der Waals surface area contributed by atoms with Crippen LogP contribution in [0.5, 0.6) is 0 Å². The number of unbranched alkanes of at least 4 members (excludes halogenated alkanes) is 13. The number of hydrogen-bond donors (Lipinski definition) is 2. The summed E-state index contributed by atoms with van der Waals surface area (Å²) in [6.45, 7) is 3.15. The molecule has 2 N–H and O–H groups in total. The maximum Gasteiger partial charge on any atom is 0.186 e. The van der Waals surface area contributed by atoms with E-state index in [0.717, 1.165) is 18.5 Å². The van der Waals surface area contributed by atoms with Crippen LogP contribution in [-0.4, -0.2) is 17.9 Å². The van der Waals surface area contributed by atoms with Crippen molar-refractivity contribution < 1.29 is 4.39 Å². The van der Waals surface area contributed by atoms with Crippen LogP contribution in [0.1, 0.15) is 102 Å². The average molecular weight is 422 g/mol. The van der Waals surface area contributed by atoms with Crippen LogP contribution in [0.4, 0.5) is 4.39 Å². The monoisotopic (exact) mass is 421 g/mol. The maximum atomic E-state index is 12.8. The molecule has 1 aromatic carbocycles. The Kier molecular flexibility index (Phi) is 16.3. The summed E-state index contributed by atoms with van der Waals surface area (Å²) in [7, 11) is 0. The molecule has 3 nitrogen and oxygen atoms in total. The van der Waals surface area contributed by atoms with Gasteiger partial charge in [-0.2, -0.15) is 5.10 Å². The van der Waals surface area contributed by atoms with Crippen LogP contribution in [0.2, 0.25) is 0 Å². The minimum atomic E-state index is -0.250. The first-order valence-electron chi connectivity index (χ1n) is 11.5. The second-order valence-corrected chi connectivity index (χ2v) is 8.18. The summed E-state index contributed by atoms with van der Waals surface area (Å²) in [4.78, 5) is 0. The molecule has 0 bridgehead atoms. The topological polar surface area (TPSA) is 36.4 Å². The van der Waals surface area contributed by atoms with Gasteiger partial charge in [0.15, 0.2) is 5.11 Å². The summed E-state index contributed by atoms with van der Waals surface area (Å²) >= 11 is 5.19. The van der Waals surface area contributed by atoms with Gasteiger partial charge in [-0.05, 0) is 36.3 Å². The molecule has 1 rings (SSSR count). The summed E-state index contributed by atoms with van der Waals surface area (Å²) < 4.78 is 12.8. The average Bonchev–Trinajstić information content (AvgIpc) is 2.72. The first-order valence-corrected chi connectivity index (χ1v) is 12.0. The lowest BCUT2D eigenvalue weighted by Crippen LogP contribution is -2.32. The van der Waals surface area contributed by atoms with Crippen LogP contribution < -0.4 is 10.7 Å². The Balaban J connectivity index is 1.83. The van der Waals surface area contributed by atoms with Gasteiger partial charge in [0.2, 0.25) is 0 Å². The van der Waals surface area contributed by atoms with Crippen molar-refractivity contribution in [1.82, 2.24) is 10.7 Å². The Morgan fingerprint density at radius 3 is 1.83 bits per heavy atom. The second kappa shape index (κ2) is 18.5. The number of hydrogen-bond acceptors (Lipinski definition) is 2. The number of nitrogens with one attached hydrogen (secondary N) is 2. The third-order valence-electron chi connectivity index (χ3n) is 5.07. The van der Waals surface area contributed by atoms with Crippen LogP contribution in [-0.2, 0) is 0 Å². The van der Waals surface area contributed by atoms with Gasteiger partial charge in [-0.15, -0.1) is 0 Å². The number of nitrogens with zero attached hydrogens (tertiary/aromatic N) is 1. The van der Waals surface area contributed by atoms with Gasteiger partial charge < -0.3 is 5.32 Å². The van der Waals surface area contributed by atoms with Crippen molar-refractivity contribution in [2.45, 2.75) is 96.8 Å². The van der Waals surface area contributed by atoms with E-state index in [0.29, 0.717) is 5.11 Å². The molecule has 0 heterocycles. The Bertz CT molecular complexity index is 546. The summed E-state index contributed by atoms with van der Waals surface area (Å²) in [5, 5.41) is 7.75. The standard InChI is InChI=1S/C24H40FN3S/c1-2-3-4-5-6-7-8-9-10-11-12-13-14-15-20-26-24(29)28-27-21-22-16-18-23(25)19-17-22/h16-19,21H,2-15,20H2,1H3,(H2,26,28,29). The lowest BCUT2D eigenvalue weighted by molar-refractivity contribution is 0.535. The smallest absolute Gasteiger partial charge is 0.186 e. The molecule has 0 unspecified atom stereocenters. The molecule has 29 heavy (non-hydrogen) atoms. The summed E-state index contributed by atoms with van der Waals surface area (Å²) in [6, 6.07) is 6.17. The lowest BCUT2D eigenvalue weighted by Gasteiger charge is -2.07. The Labute approximate surface area is 182 Å². The Morgan fingerprint density at radius 2 is 1.31 bits per heavy atom. The maximum absolute atomic E-state index is 12.8. The first-order chi connectivity index (χ1) is 14.2. The molecule has 0 aromatic heterocycles. The highest BCUT2D eigenvalue weighted by Gasteiger charge is 1.96. The van der Waals surface area contributed by atoms with Crippen LogP contribution in [0.3, 0.4) is 0 Å². The predicted molar refractivity (Wildman–Crippen MR) is 128 cm³/mol. The minimum Gasteiger partial charge on any atom is -0.361 e. The van der Waals surface area contributed by atoms with E-state index in [1.807, 2.05) is 0 Å². The van der Waals surface area contributed by atoms with Gasteiger partial charge in [0.1, 0.15) is 5.82 Å². The van der Waals surface area contributed by atoms with Crippen molar-refractivity contribution >= 4 is 23.5 Å². The van der Waals surface area contributed by atoms with Gasteiger partial charge in [0, 0.05) is 6.54 Å². The fourth-order valence-corrected chi connectivity index (χ4v) is 3.43. The van der Waals surface area contributed by atoms with Crippen LogP contribution >= 0.6 is 12.2 Å². The molecular formula is C24H40FN3S. The van der Waals surface area contributed by atoms with E-state index in [2.05, 4.69) is 22.8 Å². The zero-order valence-corrected chi connectivity index (χ0v) is 19.0. The molecule has 0 aliphatic carbocycles. The largest absolute Gasteiger partial charge is 0.361 e. The number of hydrazone groups is 1. The zero-order valence-electron chi connectivity index (χ0n) is 18.2. The fourth-order valence-electron chi connectivity index (χ4n) is 3.28. The van der Waals surface area contributed by atoms with Crippen molar-refractivity contribution in [3.8, 4) is 0 Å². The molecule has 5 heteroatoms. The quantitative estimate of drug-likeness (QED) is 0.122. The third kappa shape index (κ3) is 16.0. The van der Waals surface area contributed by atoms with E-state index in [-0.39, 0.29) is 5.82 Å². The second-order valence-electron chi connectivity index (χ2n) is 7.77. The van der Waals surface area contributed by atoms with Gasteiger partial charge in [0.05, 0.1) is 6.21 Å². The molecule has 0 saturated heterocycles. The van der Waals surface area contributed by atoms with Crippen molar-refractivity contribution in [2.24, 2.45) is 5.10 Å². The molecule has 0 spiro atoms. The van der Waals surface area contributed by atoms with E-state index >= 15 is 0 Å². The molecule has 0 amide bonds. The number of benzene rings is 1. The third-order valence-corrected chi connectivity index (χ3v) is 5.30. The van der Waals surface area contributed by atoms with Crippen molar-refractivity contribution in [3.63, 3.8) is 0 Å². The highest BCUT2D eigenvalue weighted by molar-refractivity contribution is 7.80. The molecule has 0 aliphatic heterocycles. The summed E-state index contributed by atoms with van der Waals surface area (Å²) in [6.07, 6.45) is 20.7. The van der Waals surface area contributed by atoms with E-state index in [1.54, 1.807) is 18.3 Å². The Hall–Kier alpha value is -1.49. The minimum absolute atomic E-state index is 0.250. The van der Waals surface area contributed by atoms with E-state index < -0.39 is 0 Å². The van der Waals surface area contributed by atoms with E-state index in [1.165, 1.54) is 95.6 Å². The normalized spacial score (nSPS) is 11.1. The fraction of sp³-hybridized carbons (Fsp3) is 0.667. The number of halogens is 1. The first kappa shape index (κ1) is 25.5. The van der Waals surface area contributed by atoms with Gasteiger partial charge in [-0.3, -0.25) is 5.43 Å². The van der Waals surface area contributed by atoms with Crippen LogP contribution in [0.25, 0.3) is 0 Å². The van der Waals surface area contributed by atoms with E-state index in [4.69, 9.17) is 12.2 Å². The molecule has 0 saturated carbocycles. The van der Waals surface area contributed by atoms with Crippen LogP contribution in [0, 0.1) is 5.82 Å². The van der Waals surface area contributed by atoms with Gasteiger partial charge in [-0.25, -0.2) is 4.39 Å². The number of thiocarbonyl (C=S) groups is 1. The SMILES string of the molecule is CCCCCCCCCCCCCCCCNC(=S)NN=Cc1ccc(F)cc1. The summed E-state index contributed by atoms with van der Waals surface area (Å²) in [5.74, 6) is -0.250. The highest BCUT2D eigenvalue weighted by Crippen LogP contribution is 2.12. The number of rotatable bonds is 17. The molecular weight excluding hydrogens is 381 g/mol. The van der Waals surface area contributed by atoms with Gasteiger partial charge in [-0.1, -0.05) is 103 Å². The van der Waals surface area contributed by atoms with Gasteiger partial charge >= 0.3 is 0 Å². The molecule has 0 radical (unpaired) electrons. The lowest BCUT2D eigenvalue weighted by atomic mass is 10.0. The summed E-state index contributed by atoms with van der Waals surface area (Å²) in [5.41, 5.74) is 3.62. The molecule has 0 aliphatic rings. The van der Waals surface area contributed by atoms with Crippen LogP contribution in [0.15, 0.2) is 29.4 Å².